The molecule has 3 aromatic rings. The van der Waals surface area contributed by atoms with Crippen LogP contribution in [0.15, 0.2) is 54.7 Å². The number of fused-ring (bicyclic) bond motifs is 1. The van der Waals surface area contributed by atoms with Crippen molar-refractivity contribution in [1.29, 1.82) is 0 Å². The van der Waals surface area contributed by atoms with Gasteiger partial charge in [-0.3, -0.25) is 14.3 Å². The van der Waals surface area contributed by atoms with Crippen molar-refractivity contribution in [2.75, 3.05) is 25.0 Å². The van der Waals surface area contributed by atoms with Crippen molar-refractivity contribution < 1.29 is 18.0 Å². The van der Waals surface area contributed by atoms with Crippen molar-refractivity contribution in [3.8, 4) is 11.3 Å². The van der Waals surface area contributed by atoms with Crippen LogP contribution in [0.1, 0.15) is 18.7 Å². The molecule has 0 bridgehead atoms. The van der Waals surface area contributed by atoms with Crippen molar-refractivity contribution in [3.05, 3.63) is 71.4 Å². The Morgan fingerprint density at radius 3 is 2.54 bits per heavy atom. The van der Waals surface area contributed by atoms with Crippen molar-refractivity contribution >= 4 is 35.2 Å². The lowest BCUT2D eigenvalue weighted by atomic mass is 10.1. The van der Waals surface area contributed by atoms with Gasteiger partial charge in [-0.05, 0) is 61.5 Å². The number of imidazole rings is 1. The lowest BCUT2D eigenvalue weighted by molar-refractivity contribution is -0.133. The molecule has 5 rings (SSSR count). The summed E-state index contributed by atoms with van der Waals surface area (Å²) in [6.07, 6.45) is 3.55. The van der Waals surface area contributed by atoms with Gasteiger partial charge in [0.05, 0.1) is 19.6 Å². The van der Waals surface area contributed by atoms with Crippen molar-refractivity contribution in [2.45, 2.75) is 25.3 Å². The summed E-state index contributed by atoms with van der Waals surface area (Å²) in [7, 11) is 0. The molecule has 2 aliphatic rings. The molecule has 3 heterocycles. The van der Waals surface area contributed by atoms with E-state index in [0.717, 1.165) is 5.69 Å². The first-order chi connectivity index (χ1) is 16.8. The molecular formula is C25H23ClF3N5O. The Bertz CT molecular complexity index is 1260. The summed E-state index contributed by atoms with van der Waals surface area (Å²) in [6, 6.07) is 13.2. The fourth-order valence-electron chi connectivity index (χ4n) is 4.34. The number of benzene rings is 2. The molecule has 2 aliphatic heterocycles. The summed E-state index contributed by atoms with van der Waals surface area (Å²) in [4.78, 5) is 20.6. The molecule has 0 unspecified atom stereocenters. The van der Waals surface area contributed by atoms with Crippen molar-refractivity contribution in [3.63, 3.8) is 0 Å². The average Bonchev–Trinajstić information content (AvgIpc) is 3.18. The number of anilines is 2. The topological polar surface area (TPSA) is 53.4 Å². The Morgan fingerprint density at radius 1 is 1.09 bits per heavy atom. The third-order valence-corrected chi connectivity index (χ3v) is 6.32. The number of alkyl halides is 2. The van der Waals surface area contributed by atoms with E-state index >= 15 is 0 Å². The number of carbonyl (C=O) groups excluding carboxylic acids is 1. The molecule has 1 N–H and O–H groups in total. The van der Waals surface area contributed by atoms with Crippen LogP contribution in [-0.2, 0) is 11.3 Å². The minimum Gasteiger partial charge on any atom is -0.339 e. The first-order valence-corrected chi connectivity index (χ1v) is 11.6. The highest BCUT2D eigenvalue weighted by Crippen LogP contribution is 2.34. The van der Waals surface area contributed by atoms with Crippen LogP contribution in [-0.4, -0.2) is 50.8 Å². The quantitative estimate of drug-likeness (QED) is 0.495. The van der Waals surface area contributed by atoms with Gasteiger partial charge in [0.25, 0.3) is 5.92 Å². The number of hydrogen-bond donors (Lipinski definition) is 1. The predicted octanol–water partition coefficient (Wildman–Crippen LogP) is 5.59. The third kappa shape index (κ3) is 5.21. The number of nitrogens with zero attached hydrogens (tertiary/aromatic N) is 4. The minimum absolute atomic E-state index is 0.0820. The highest BCUT2D eigenvalue weighted by atomic mass is 35.5. The van der Waals surface area contributed by atoms with Gasteiger partial charge in [0, 0.05) is 35.1 Å². The largest absolute Gasteiger partial charge is 0.339 e. The third-order valence-electron chi connectivity index (χ3n) is 6.07. The Hall–Kier alpha value is -3.30. The molecule has 1 aromatic heterocycles. The zero-order valence-electron chi connectivity index (χ0n) is 18.7. The molecule has 1 saturated heterocycles. The molecule has 182 valence electrons. The Balaban J connectivity index is 1.41. The van der Waals surface area contributed by atoms with Gasteiger partial charge >= 0.3 is 0 Å². The van der Waals surface area contributed by atoms with E-state index in [2.05, 4.69) is 5.32 Å². The number of piperidine rings is 1. The second-order valence-electron chi connectivity index (χ2n) is 8.72. The number of likely N-dealkylation sites (tertiary alicyclic amines) is 1. The fraction of sp³-hybridized carbons (Fsp3) is 0.280. The molecule has 35 heavy (non-hydrogen) atoms. The SMILES string of the molecule is O=C(CN1CCCC(F)(F)C1)N1C=Cn2c(nc(-c3ccc(F)cc3)c2Nc2ccc(Cl)cc2)C1. The van der Waals surface area contributed by atoms with Gasteiger partial charge in [-0.15, -0.1) is 0 Å². The second kappa shape index (κ2) is 9.39. The zero-order valence-corrected chi connectivity index (χ0v) is 19.5. The van der Waals surface area contributed by atoms with Gasteiger partial charge in [-0.1, -0.05) is 11.6 Å². The van der Waals surface area contributed by atoms with E-state index in [1.807, 2.05) is 16.7 Å². The minimum atomic E-state index is -2.77. The first kappa shape index (κ1) is 23.4. The van der Waals surface area contributed by atoms with Gasteiger partial charge in [0.2, 0.25) is 5.91 Å². The molecule has 2 aromatic carbocycles. The van der Waals surface area contributed by atoms with Gasteiger partial charge in [0.1, 0.15) is 23.2 Å². The Morgan fingerprint density at radius 2 is 1.83 bits per heavy atom. The molecule has 0 saturated carbocycles. The highest BCUT2D eigenvalue weighted by molar-refractivity contribution is 6.30. The van der Waals surface area contributed by atoms with E-state index in [1.165, 1.54) is 21.9 Å². The summed E-state index contributed by atoms with van der Waals surface area (Å²) in [6.45, 7) is 0.156. The lowest BCUT2D eigenvalue weighted by Gasteiger charge is -2.33. The van der Waals surface area contributed by atoms with Crippen LogP contribution in [0.3, 0.4) is 0 Å². The highest BCUT2D eigenvalue weighted by Gasteiger charge is 2.36. The molecule has 0 aliphatic carbocycles. The van der Waals surface area contributed by atoms with Gasteiger partial charge in [-0.2, -0.15) is 0 Å². The van der Waals surface area contributed by atoms with Gasteiger partial charge in [-0.25, -0.2) is 18.2 Å². The van der Waals surface area contributed by atoms with Gasteiger partial charge in [0.15, 0.2) is 0 Å². The zero-order chi connectivity index (χ0) is 24.6. The standard InChI is InChI=1S/C25H23ClF3N5O/c26-18-4-8-20(9-5-18)30-24-23(17-2-6-19(27)7-3-17)31-21-14-33(12-13-34(21)24)22(35)15-32-11-1-10-25(28,29)16-32/h2-9,12-13,30H,1,10-11,14-16H2. The molecular weight excluding hydrogens is 479 g/mol. The van der Waals surface area contributed by atoms with E-state index < -0.39 is 12.5 Å². The number of hydrogen-bond acceptors (Lipinski definition) is 4. The second-order valence-corrected chi connectivity index (χ2v) is 9.16. The maximum atomic E-state index is 13.7. The number of amides is 1. The van der Waals surface area contributed by atoms with E-state index in [4.69, 9.17) is 16.6 Å². The van der Waals surface area contributed by atoms with Crippen LogP contribution < -0.4 is 5.32 Å². The molecule has 6 nitrogen and oxygen atoms in total. The fourth-order valence-corrected chi connectivity index (χ4v) is 4.46. The first-order valence-electron chi connectivity index (χ1n) is 11.2. The maximum Gasteiger partial charge on any atom is 0.260 e. The monoisotopic (exact) mass is 501 g/mol. The van der Waals surface area contributed by atoms with E-state index in [-0.39, 0.29) is 31.2 Å². The number of carbonyl (C=O) groups is 1. The molecule has 1 fully saturated rings. The Labute approximate surface area is 205 Å². The van der Waals surface area contributed by atoms with Crippen LogP contribution in [0.4, 0.5) is 24.7 Å². The van der Waals surface area contributed by atoms with E-state index in [0.29, 0.717) is 40.9 Å². The smallest absolute Gasteiger partial charge is 0.260 e. The molecule has 0 atom stereocenters. The maximum absolute atomic E-state index is 13.7. The van der Waals surface area contributed by atoms with Crippen LogP contribution in [0.25, 0.3) is 17.5 Å². The number of halogens is 4. The number of rotatable bonds is 5. The summed E-state index contributed by atoms with van der Waals surface area (Å²) >= 11 is 6.01. The predicted molar refractivity (Wildman–Crippen MR) is 129 cm³/mol. The number of nitrogens with one attached hydrogen (secondary N) is 1. The normalized spacial score (nSPS) is 17.3. The summed E-state index contributed by atoms with van der Waals surface area (Å²) < 4.78 is 42.9. The summed E-state index contributed by atoms with van der Waals surface area (Å²) in [5.41, 5.74) is 2.06. The number of aromatic nitrogens is 2. The molecule has 0 spiro atoms. The molecule has 1 amide bonds. The van der Waals surface area contributed by atoms with Crippen molar-refractivity contribution in [2.24, 2.45) is 0 Å². The average molecular weight is 502 g/mol. The van der Waals surface area contributed by atoms with E-state index in [1.54, 1.807) is 36.7 Å². The Kier molecular flexibility index (Phi) is 6.29. The van der Waals surface area contributed by atoms with Gasteiger partial charge < -0.3 is 10.2 Å². The van der Waals surface area contributed by atoms with Crippen LogP contribution >= 0.6 is 11.6 Å². The van der Waals surface area contributed by atoms with Crippen LogP contribution in [0, 0.1) is 5.82 Å². The lowest BCUT2D eigenvalue weighted by Crippen LogP contribution is -2.47. The van der Waals surface area contributed by atoms with Crippen LogP contribution in [0.5, 0.6) is 0 Å². The van der Waals surface area contributed by atoms with Crippen LogP contribution in [0.2, 0.25) is 5.02 Å². The summed E-state index contributed by atoms with van der Waals surface area (Å²) in [5.74, 6) is -2.17. The van der Waals surface area contributed by atoms with Crippen molar-refractivity contribution in [1.82, 2.24) is 19.4 Å². The summed E-state index contributed by atoms with van der Waals surface area (Å²) in [5, 5.41) is 3.94. The molecule has 0 radical (unpaired) electrons. The molecule has 10 heteroatoms. The van der Waals surface area contributed by atoms with E-state index in [9.17, 15) is 18.0 Å².